The Morgan fingerprint density at radius 1 is 1.16 bits per heavy atom. The van der Waals surface area contributed by atoms with Crippen LogP contribution in [0.3, 0.4) is 0 Å². The lowest BCUT2D eigenvalue weighted by Crippen LogP contribution is -2.33. The number of rotatable bonds is 8. The summed E-state index contributed by atoms with van der Waals surface area (Å²) >= 11 is 0. The standard InChI is InChI=1S/C6H13NO2.C6H15NO.B.FH.H2/c1-3-4-5(7-2)6(8)9;1-3-4-6(5-8)7-2;;;/h5,7H,3-4H2,1-2H3,(H,8,9);6-8H,3-5H2,1-2H3;;2*1H/t5-;6-;;;/m00.../s1/i;;;;1+2. The minimum absolute atomic E-state index is 0. The first-order valence-electron chi connectivity index (χ1n) is 6.25. The molecule has 0 aliphatic rings. The number of halogens is 1. The zero-order valence-electron chi connectivity index (χ0n) is 12.5. The zero-order valence-corrected chi connectivity index (χ0v) is 12.5. The Kier molecular flexibility index (Phi) is 27.8. The molecule has 2 atom stereocenters. The smallest absolute Gasteiger partial charge is 0.320 e. The molecule has 0 aromatic carbocycles. The van der Waals surface area contributed by atoms with Gasteiger partial charge in [0.2, 0.25) is 0 Å². The van der Waals surface area contributed by atoms with Crippen molar-refractivity contribution in [2.45, 2.75) is 51.6 Å². The Labute approximate surface area is 119 Å². The number of hydrogen-bond acceptors (Lipinski definition) is 4. The van der Waals surface area contributed by atoms with Crippen molar-refractivity contribution in [2.24, 2.45) is 0 Å². The molecule has 0 aliphatic carbocycles. The van der Waals surface area contributed by atoms with E-state index in [-0.39, 0.29) is 27.2 Å². The quantitative estimate of drug-likeness (QED) is 0.496. The van der Waals surface area contributed by atoms with Gasteiger partial charge in [-0.1, -0.05) is 26.7 Å². The maximum Gasteiger partial charge on any atom is 0.320 e. The van der Waals surface area contributed by atoms with Crippen LogP contribution in [-0.2, 0) is 4.79 Å². The summed E-state index contributed by atoms with van der Waals surface area (Å²) in [7, 11) is 3.53. The van der Waals surface area contributed by atoms with Crippen molar-refractivity contribution in [1.82, 2.24) is 10.6 Å². The molecule has 0 rings (SSSR count). The molecule has 0 amide bonds. The number of aliphatic hydroxyl groups is 1. The molecular weight excluding hydrogens is 250 g/mol. The maximum atomic E-state index is 10.3. The molecule has 117 valence electrons. The SMILES string of the molecule is CCC[C@@H](CO)NC.CCC[C@H](NC)C(=O)O.F.[3HH].[B]. The Balaban J connectivity index is -0.0000000655. The molecule has 0 bridgehead atoms. The molecule has 5 nitrogen and oxygen atoms in total. The van der Waals surface area contributed by atoms with Crippen LogP contribution in [0, 0.1) is 0 Å². The van der Waals surface area contributed by atoms with Gasteiger partial charge < -0.3 is 20.8 Å². The summed E-state index contributed by atoms with van der Waals surface area (Å²) in [6.07, 6.45) is 3.79. The summed E-state index contributed by atoms with van der Waals surface area (Å²) in [5, 5.41) is 22.7. The molecule has 0 aromatic heterocycles. The lowest BCUT2D eigenvalue weighted by atomic mass is 10.2. The predicted molar refractivity (Wildman–Crippen MR) is 80.6 cm³/mol. The van der Waals surface area contributed by atoms with Crippen LogP contribution in [0.4, 0.5) is 4.70 Å². The number of likely N-dealkylation sites (N-methyl/N-ethyl adjacent to an activating group) is 2. The normalized spacial score (nSPS) is 12.1. The minimum Gasteiger partial charge on any atom is -0.480 e. The molecule has 0 aliphatic heterocycles. The van der Waals surface area contributed by atoms with Crippen molar-refractivity contribution in [2.75, 3.05) is 20.7 Å². The molecule has 0 spiro atoms. The van der Waals surface area contributed by atoms with E-state index in [4.69, 9.17) is 10.2 Å². The zero-order chi connectivity index (χ0) is 13.7. The molecule has 0 saturated carbocycles. The van der Waals surface area contributed by atoms with E-state index in [9.17, 15) is 4.79 Å². The Morgan fingerprint density at radius 3 is 1.74 bits per heavy atom. The van der Waals surface area contributed by atoms with Gasteiger partial charge in [-0.3, -0.25) is 9.50 Å². The summed E-state index contributed by atoms with van der Waals surface area (Å²) in [4.78, 5) is 10.3. The molecule has 3 radical (unpaired) electrons. The van der Waals surface area contributed by atoms with Crippen LogP contribution in [0.2, 0.25) is 0 Å². The fourth-order valence-electron chi connectivity index (χ4n) is 1.36. The lowest BCUT2D eigenvalue weighted by Gasteiger charge is -2.09. The van der Waals surface area contributed by atoms with Gasteiger partial charge in [-0.25, -0.2) is 0 Å². The maximum absolute atomic E-state index is 10.3. The number of carbonyl (C=O) groups is 1. The highest BCUT2D eigenvalue weighted by Gasteiger charge is 2.11. The van der Waals surface area contributed by atoms with Gasteiger partial charge >= 0.3 is 5.97 Å². The van der Waals surface area contributed by atoms with Crippen molar-refractivity contribution in [1.29, 1.82) is 0 Å². The highest BCUT2D eigenvalue weighted by Crippen LogP contribution is 1.94. The third-order valence-corrected chi connectivity index (χ3v) is 2.49. The Morgan fingerprint density at radius 2 is 1.63 bits per heavy atom. The molecule has 0 heterocycles. The second kappa shape index (κ2) is 19.7. The number of carboxylic acid groups (broad SMARTS) is 1. The third kappa shape index (κ3) is 17.3. The molecule has 0 aromatic rings. The summed E-state index contributed by atoms with van der Waals surface area (Å²) in [6.45, 7) is 4.33. The number of nitrogens with one attached hydrogen (secondary N) is 2. The van der Waals surface area contributed by atoms with E-state index < -0.39 is 5.97 Å². The summed E-state index contributed by atoms with van der Waals surface area (Å²) < 4.78 is 0. The summed E-state index contributed by atoms with van der Waals surface area (Å²) in [5.41, 5.74) is 0. The first-order valence-corrected chi connectivity index (χ1v) is 6.25. The van der Waals surface area contributed by atoms with Crippen LogP contribution < -0.4 is 10.6 Å². The van der Waals surface area contributed by atoms with Gasteiger partial charge in [-0.15, -0.1) is 0 Å². The molecular formula is C12H31BFN2O3. The van der Waals surface area contributed by atoms with Gasteiger partial charge in [-0.2, -0.15) is 0 Å². The fraction of sp³-hybridized carbons (Fsp3) is 0.917. The Bertz CT molecular complexity index is 190. The molecule has 0 saturated heterocycles. The highest BCUT2D eigenvalue weighted by molar-refractivity contribution is 5.75. The van der Waals surface area contributed by atoms with Gasteiger partial charge in [-0.05, 0) is 26.9 Å². The largest absolute Gasteiger partial charge is 0.480 e. The molecule has 4 N–H and O–H groups in total. The highest BCUT2D eigenvalue weighted by atomic mass is 19.0. The summed E-state index contributed by atoms with van der Waals surface area (Å²) in [6, 6.07) is -0.0602. The van der Waals surface area contributed by atoms with E-state index in [1.54, 1.807) is 7.05 Å². The van der Waals surface area contributed by atoms with Crippen LogP contribution in [0.25, 0.3) is 0 Å². The van der Waals surface area contributed by atoms with Gasteiger partial charge in [0.25, 0.3) is 0 Å². The third-order valence-electron chi connectivity index (χ3n) is 2.49. The van der Waals surface area contributed by atoms with E-state index in [1.807, 2.05) is 14.0 Å². The second-order valence-corrected chi connectivity index (χ2v) is 3.93. The van der Waals surface area contributed by atoms with Gasteiger partial charge in [0.15, 0.2) is 0 Å². The van der Waals surface area contributed by atoms with Crippen molar-refractivity contribution >= 4 is 14.4 Å². The van der Waals surface area contributed by atoms with Crippen LogP contribution in [0.1, 0.15) is 41.0 Å². The van der Waals surface area contributed by atoms with Crippen LogP contribution in [0.5, 0.6) is 0 Å². The van der Waals surface area contributed by atoms with Crippen molar-refractivity contribution in [3.05, 3.63) is 0 Å². The number of carboxylic acids is 1. The minimum atomic E-state index is -0.764. The average Bonchev–Trinajstić information content (AvgIpc) is 2.33. The number of aliphatic hydroxyl groups excluding tert-OH is 1. The molecule has 7 heteroatoms. The van der Waals surface area contributed by atoms with Crippen LogP contribution in [0.15, 0.2) is 0 Å². The van der Waals surface area contributed by atoms with Gasteiger partial charge in [0, 0.05) is 15.9 Å². The first kappa shape index (κ1) is 26.8. The number of hydrogen-bond donors (Lipinski definition) is 4. The monoisotopic (exact) mass is 283 g/mol. The summed E-state index contributed by atoms with van der Waals surface area (Å²) in [5.74, 6) is -0.764. The van der Waals surface area contributed by atoms with Gasteiger partial charge in [0.1, 0.15) is 6.04 Å². The van der Waals surface area contributed by atoms with Crippen molar-refractivity contribution in [3.8, 4) is 0 Å². The van der Waals surface area contributed by atoms with E-state index >= 15 is 0 Å². The number of aliphatic carboxylic acids is 1. The fourth-order valence-corrected chi connectivity index (χ4v) is 1.36. The Hall–Kier alpha value is -0.655. The van der Waals surface area contributed by atoms with E-state index in [2.05, 4.69) is 17.6 Å². The van der Waals surface area contributed by atoms with Crippen LogP contribution in [-0.4, -0.2) is 57.4 Å². The van der Waals surface area contributed by atoms with Crippen molar-refractivity contribution < 1.29 is 21.1 Å². The van der Waals surface area contributed by atoms with Gasteiger partial charge in [0.05, 0.1) is 6.61 Å². The molecule has 0 unspecified atom stereocenters. The second-order valence-electron chi connectivity index (χ2n) is 3.93. The topological polar surface area (TPSA) is 81.6 Å². The first-order chi connectivity index (χ1) is 8.06. The molecule has 0 fully saturated rings. The van der Waals surface area contributed by atoms with E-state index in [0.717, 1.165) is 19.3 Å². The van der Waals surface area contributed by atoms with Crippen LogP contribution >= 0.6 is 0 Å². The average molecular weight is 283 g/mol. The van der Waals surface area contributed by atoms with E-state index in [0.29, 0.717) is 12.5 Å². The molecule has 19 heavy (non-hydrogen) atoms. The lowest BCUT2D eigenvalue weighted by molar-refractivity contribution is -0.139. The van der Waals surface area contributed by atoms with Crippen molar-refractivity contribution in [3.63, 3.8) is 0 Å². The predicted octanol–water partition coefficient (Wildman–Crippen LogP) is 0.844. The van der Waals surface area contributed by atoms with E-state index in [1.165, 1.54) is 0 Å².